The predicted octanol–water partition coefficient (Wildman–Crippen LogP) is 3.24. The van der Waals surface area contributed by atoms with Gasteiger partial charge in [-0.3, -0.25) is 4.68 Å². The van der Waals surface area contributed by atoms with Crippen LogP contribution in [0.3, 0.4) is 0 Å². The van der Waals surface area contributed by atoms with Crippen LogP contribution in [0.15, 0.2) is 30.3 Å². The van der Waals surface area contributed by atoms with E-state index in [4.69, 9.17) is 9.47 Å². The van der Waals surface area contributed by atoms with Crippen molar-refractivity contribution >= 4 is 6.09 Å². The van der Waals surface area contributed by atoms with E-state index in [2.05, 4.69) is 10.4 Å². The largest absolute Gasteiger partial charge is 0.444 e. The highest BCUT2D eigenvalue weighted by atomic mass is 19.1. The Morgan fingerprint density at radius 1 is 1.37 bits per heavy atom. The molecule has 2 rings (SSSR count). The lowest BCUT2D eigenvalue weighted by molar-refractivity contribution is -0.103. The number of aliphatic hydroxyl groups is 1. The molecule has 0 spiro atoms. The summed E-state index contributed by atoms with van der Waals surface area (Å²) >= 11 is 0. The van der Waals surface area contributed by atoms with Gasteiger partial charge in [0.1, 0.15) is 11.4 Å². The van der Waals surface area contributed by atoms with Crippen molar-refractivity contribution in [2.24, 2.45) is 0 Å². The van der Waals surface area contributed by atoms with Gasteiger partial charge in [0.2, 0.25) is 0 Å². The number of carbonyl (C=O) groups is 1. The number of amides is 1. The zero-order valence-corrected chi connectivity index (χ0v) is 16.0. The van der Waals surface area contributed by atoms with Crippen molar-refractivity contribution in [1.29, 1.82) is 0 Å². The fourth-order valence-electron chi connectivity index (χ4n) is 2.42. The van der Waals surface area contributed by atoms with E-state index in [1.54, 1.807) is 45.9 Å². The van der Waals surface area contributed by atoms with Gasteiger partial charge in [0, 0.05) is 18.7 Å². The molecule has 0 radical (unpaired) electrons. The second-order valence-corrected chi connectivity index (χ2v) is 6.92. The number of carbonyl (C=O) groups excluding carboxylic acids is 1. The molecule has 1 atom stereocenters. The molecule has 0 aliphatic carbocycles. The minimum Gasteiger partial charge on any atom is -0.444 e. The molecule has 8 heteroatoms. The lowest BCUT2D eigenvalue weighted by atomic mass is 10.1. The van der Waals surface area contributed by atoms with Crippen molar-refractivity contribution in [2.45, 2.75) is 46.1 Å². The molecule has 1 aromatic carbocycles. The molecule has 1 unspecified atom stereocenters. The summed E-state index contributed by atoms with van der Waals surface area (Å²) in [5.74, 6) is -0.374. The number of hydrogen-bond acceptors (Lipinski definition) is 5. The first kappa shape index (κ1) is 20.9. The molecule has 1 heterocycles. The maximum atomic E-state index is 13.5. The monoisotopic (exact) mass is 379 g/mol. The molecule has 0 aliphatic rings. The number of hydrogen-bond donors (Lipinski definition) is 2. The summed E-state index contributed by atoms with van der Waals surface area (Å²) in [7, 11) is 0. The van der Waals surface area contributed by atoms with Gasteiger partial charge >= 0.3 is 6.09 Å². The van der Waals surface area contributed by atoms with Gasteiger partial charge in [0.25, 0.3) is 0 Å². The van der Waals surface area contributed by atoms with E-state index in [9.17, 15) is 14.3 Å². The number of nitrogens with one attached hydrogen (secondary N) is 1. The summed E-state index contributed by atoms with van der Waals surface area (Å²) in [5.41, 5.74) is 0.915. The number of halogens is 1. The normalized spacial score (nSPS) is 12.7. The Balaban J connectivity index is 2.14. The molecule has 0 saturated carbocycles. The Hall–Kier alpha value is -2.45. The molecule has 2 N–H and O–H groups in total. The van der Waals surface area contributed by atoms with Gasteiger partial charge in [0.15, 0.2) is 6.29 Å². The lowest BCUT2D eigenvalue weighted by Gasteiger charge is -2.20. The Labute approximate surface area is 158 Å². The molecule has 7 nitrogen and oxygen atoms in total. The minimum atomic E-state index is -1.17. The average molecular weight is 379 g/mol. The van der Waals surface area contributed by atoms with E-state index in [1.165, 1.54) is 16.8 Å². The van der Waals surface area contributed by atoms with Gasteiger partial charge in [-0.15, -0.1) is 0 Å². The van der Waals surface area contributed by atoms with Crippen LogP contribution in [0.1, 0.15) is 39.7 Å². The van der Waals surface area contributed by atoms with Crippen LogP contribution in [-0.4, -0.2) is 39.7 Å². The highest BCUT2D eigenvalue weighted by Crippen LogP contribution is 2.24. The van der Waals surface area contributed by atoms with Gasteiger partial charge in [-0.25, -0.2) is 9.18 Å². The molecule has 1 aromatic heterocycles. The molecule has 2 aromatic rings. The van der Waals surface area contributed by atoms with E-state index in [-0.39, 0.29) is 18.9 Å². The summed E-state index contributed by atoms with van der Waals surface area (Å²) in [6.07, 6.45) is -1.71. The van der Waals surface area contributed by atoms with Crippen molar-refractivity contribution in [3.63, 3.8) is 0 Å². The number of ether oxygens (including phenoxy) is 2. The molecule has 1 amide bonds. The van der Waals surface area contributed by atoms with Gasteiger partial charge in [-0.05, 0) is 45.9 Å². The molecule has 148 valence electrons. The second kappa shape index (κ2) is 8.96. The van der Waals surface area contributed by atoms with Crippen LogP contribution < -0.4 is 5.32 Å². The fraction of sp³-hybridized carbons (Fsp3) is 0.474. The zero-order valence-electron chi connectivity index (χ0n) is 16.0. The third kappa shape index (κ3) is 6.33. The number of aliphatic hydroxyl groups excluding tert-OH is 1. The van der Waals surface area contributed by atoms with Crippen LogP contribution in [-0.2, 0) is 16.0 Å². The summed E-state index contributed by atoms with van der Waals surface area (Å²) in [6.45, 7) is 7.95. The van der Waals surface area contributed by atoms with Crippen LogP contribution >= 0.6 is 0 Å². The second-order valence-electron chi connectivity index (χ2n) is 6.92. The average Bonchev–Trinajstić information content (AvgIpc) is 2.98. The van der Waals surface area contributed by atoms with Crippen LogP contribution in [0.2, 0.25) is 0 Å². The number of rotatable bonds is 7. The van der Waals surface area contributed by atoms with Crippen molar-refractivity contribution in [3.8, 4) is 11.3 Å². The SMILES string of the molecule is CCOC(O)c1cc(-c2cccc(F)c2)nn1CCNC(=O)OC(C)(C)C. The molecule has 27 heavy (non-hydrogen) atoms. The number of benzene rings is 1. The summed E-state index contributed by atoms with van der Waals surface area (Å²) < 4.78 is 25.4. The predicted molar refractivity (Wildman–Crippen MR) is 98.4 cm³/mol. The summed E-state index contributed by atoms with van der Waals surface area (Å²) in [6, 6.07) is 7.67. The van der Waals surface area contributed by atoms with E-state index < -0.39 is 18.0 Å². The van der Waals surface area contributed by atoms with Crippen LogP contribution in [0, 0.1) is 5.82 Å². The highest BCUT2D eigenvalue weighted by molar-refractivity contribution is 5.67. The maximum absolute atomic E-state index is 13.5. The Morgan fingerprint density at radius 2 is 2.11 bits per heavy atom. The Morgan fingerprint density at radius 3 is 2.74 bits per heavy atom. The summed E-state index contributed by atoms with van der Waals surface area (Å²) in [4.78, 5) is 11.8. The van der Waals surface area contributed by atoms with E-state index in [0.717, 1.165) is 0 Å². The molecular weight excluding hydrogens is 353 g/mol. The van der Waals surface area contributed by atoms with E-state index in [1.807, 2.05) is 0 Å². The van der Waals surface area contributed by atoms with Gasteiger partial charge in [0.05, 0.1) is 17.9 Å². The van der Waals surface area contributed by atoms with E-state index >= 15 is 0 Å². The smallest absolute Gasteiger partial charge is 0.407 e. The maximum Gasteiger partial charge on any atom is 0.407 e. The van der Waals surface area contributed by atoms with Crippen molar-refractivity contribution in [3.05, 3.63) is 41.8 Å². The fourth-order valence-corrected chi connectivity index (χ4v) is 2.42. The minimum absolute atomic E-state index is 0.241. The van der Waals surface area contributed by atoms with Crippen molar-refractivity contribution in [1.82, 2.24) is 15.1 Å². The van der Waals surface area contributed by atoms with Crippen LogP contribution in [0.4, 0.5) is 9.18 Å². The third-order valence-corrected chi connectivity index (χ3v) is 3.50. The first-order valence-corrected chi connectivity index (χ1v) is 8.80. The topological polar surface area (TPSA) is 85.6 Å². The Kier molecular flexibility index (Phi) is 6.92. The first-order valence-electron chi connectivity index (χ1n) is 8.80. The Bertz CT molecular complexity index is 771. The quantitative estimate of drug-likeness (QED) is 0.722. The number of alkyl carbamates (subject to hydrolysis) is 1. The van der Waals surface area contributed by atoms with E-state index in [0.29, 0.717) is 23.6 Å². The molecule has 0 aliphatic heterocycles. The molecular formula is C19H26FN3O4. The van der Waals surface area contributed by atoms with Gasteiger partial charge in [-0.2, -0.15) is 5.10 Å². The first-order chi connectivity index (χ1) is 12.7. The number of nitrogens with zero attached hydrogens (tertiary/aromatic N) is 2. The molecule has 0 saturated heterocycles. The molecule has 0 bridgehead atoms. The summed E-state index contributed by atoms with van der Waals surface area (Å²) in [5, 5.41) is 17.3. The molecule has 0 fully saturated rings. The lowest BCUT2D eigenvalue weighted by Crippen LogP contribution is -2.34. The third-order valence-electron chi connectivity index (χ3n) is 3.50. The van der Waals surface area contributed by atoms with Crippen LogP contribution in [0.25, 0.3) is 11.3 Å². The van der Waals surface area contributed by atoms with Crippen LogP contribution in [0.5, 0.6) is 0 Å². The van der Waals surface area contributed by atoms with Crippen molar-refractivity contribution < 1.29 is 23.8 Å². The van der Waals surface area contributed by atoms with Gasteiger partial charge < -0.3 is 19.9 Å². The standard InChI is InChI=1S/C19H26FN3O4/c1-5-26-17(24)16-12-15(13-7-6-8-14(20)11-13)22-23(16)10-9-21-18(25)27-19(2,3)4/h6-8,11-12,17,24H,5,9-10H2,1-4H3,(H,21,25). The number of aromatic nitrogens is 2. The van der Waals surface area contributed by atoms with Crippen molar-refractivity contribution in [2.75, 3.05) is 13.2 Å². The zero-order chi connectivity index (χ0) is 20.0. The van der Waals surface area contributed by atoms with Gasteiger partial charge in [-0.1, -0.05) is 12.1 Å². The highest BCUT2D eigenvalue weighted by Gasteiger charge is 2.19.